The minimum atomic E-state index is -0.605. The van der Waals surface area contributed by atoms with Crippen LogP contribution in [0.2, 0.25) is 10.2 Å². The highest BCUT2D eigenvalue weighted by molar-refractivity contribution is 6.32. The molecule has 0 aliphatic rings. The van der Waals surface area contributed by atoms with Crippen molar-refractivity contribution >= 4 is 23.2 Å². The van der Waals surface area contributed by atoms with Gasteiger partial charge in [-0.15, -0.1) is 0 Å². The molecule has 0 radical (unpaired) electrons. The predicted molar refractivity (Wildman–Crippen MR) is 83.2 cm³/mol. The van der Waals surface area contributed by atoms with Crippen LogP contribution >= 0.6 is 23.2 Å². The van der Waals surface area contributed by atoms with Gasteiger partial charge >= 0.3 is 5.69 Å². The molecular formula is C14H14Cl2N2O3. The van der Waals surface area contributed by atoms with Crippen molar-refractivity contribution in [2.75, 3.05) is 7.11 Å². The molecule has 0 saturated heterocycles. The fraction of sp³-hybridized carbons (Fsp3) is 0.286. The van der Waals surface area contributed by atoms with Crippen molar-refractivity contribution in [3.05, 3.63) is 54.8 Å². The molecule has 5 nitrogen and oxygen atoms in total. The summed E-state index contributed by atoms with van der Waals surface area (Å²) in [5.74, 6) is 0.465. The second-order valence-electron chi connectivity index (χ2n) is 4.43. The quantitative estimate of drug-likeness (QED) is 0.878. The molecule has 0 fully saturated rings. The van der Waals surface area contributed by atoms with Gasteiger partial charge in [-0.1, -0.05) is 36.5 Å². The number of nitrogens with one attached hydrogen (secondary N) is 1. The van der Waals surface area contributed by atoms with Crippen molar-refractivity contribution in [2.24, 2.45) is 0 Å². The third-order valence-electron chi connectivity index (χ3n) is 3.04. The number of H-pyrrole nitrogens is 1. The van der Waals surface area contributed by atoms with E-state index in [1.807, 2.05) is 6.92 Å². The summed E-state index contributed by atoms with van der Waals surface area (Å²) in [7, 11) is 1.49. The van der Waals surface area contributed by atoms with E-state index in [1.165, 1.54) is 13.2 Å². The lowest BCUT2D eigenvalue weighted by Gasteiger charge is -2.10. The number of aromatic nitrogens is 2. The molecule has 1 aromatic heterocycles. The van der Waals surface area contributed by atoms with Crippen molar-refractivity contribution in [1.29, 1.82) is 0 Å². The van der Waals surface area contributed by atoms with Crippen LogP contribution in [0.3, 0.4) is 0 Å². The maximum atomic E-state index is 12.5. The van der Waals surface area contributed by atoms with Gasteiger partial charge in [-0.3, -0.25) is 9.78 Å². The Morgan fingerprint density at radius 3 is 2.57 bits per heavy atom. The van der Waals surface area contributed by atoms with Gasteiger partial charge in [0.25, 0.3) is 5.56 Å². The Hall–Kier alpha value is -1.72. The van der Waals surface area contributed by atoms with Crippen LogP contribution in [-0.4, -0.2) is 16.7 Å². The summed E-state index contributed by atoms with van der Waals surface area (Å²) < 4.78 is 6.07. The molecule has 0 bridgehead atoms. The summed E-state index contributed by atoms with van der Waals surface area (Å²) in [5, 5.41) is 0.399. The van der Waals surface area contributed by atoms with E-state index in [1.54, 1.807) is 12.1 Å². The first kappa shape index (κ1) is 15.7. The van der Waals surface area contributed by atoms with E-state index >= 15 is 0 Å². The summed E-state index contributed by atoms with van der Waals surface area (Å²) in [6.07, 6.45) is 1.22. The Morgan fingerprint density at radius 1 is 1.29 bits per heavy atom. The molecule has 21 heavy (non-hydrogen) atoms. The maximum Gasteiger partial charge on any atom is 0.334 e. The smallest absolute Gasteiger partial charge is 0.334 e. The first-order chi connectivity index (χ1) is 9.99. The molecule has 0 amide bonds. The van der Waals surface area contributed by atoms with E-state index in [0.29, 0.717) is 28.4 Å². The van der Waals surface area contributed by atoms with Gasteiger partial charge < -0.3 is 4.74 Å². The molecule has 112 valence electrons. The van der Waals surface area contributed by atoms with Gasteiger partial charge in [0.05, 0.1) is 23.4 Å². The normalized spacial score (nSPS) is 10.7. The Labute approximate surface area is 131 Å². The first-order valence-corrected chi connectivity index (χ1v) is 7.12. The number of ether oxygens (including phenoxy) is 1. The highest BCUT2D eigenvalue weighted by Crippen LogP contribution is 2.25. The molecular weight excluding hydrogens is 315 g/mol. The van der Waals surface area contributed by atoms with Gasteiger partial charge in [0.2, 0.25) is 0 Å². The number of benzene rings is 1. The number of methoxy groups -OCH3 is 1. The molecule has 0 aliphatic heterocycles. The van der Waals surface area contributed by atoms with Gasteiger partial charge in [-0.05, 0) is 24.6 Å². The number of hydrogen-bond donors (Lipinski definition) is 1. The third-order valence-corrected chi connectivity index (χ3v) is 3.66. The predicted octanol–water partition coefficient (Wildman–Crippen LogP) is 2.79. The minimum absolute atomic E-state index is 0.0858. The third kappa shape index (κ3) is 2.99. The van der Waals surface area contributed by atoms with Crippen molar-refractivity contribution in [2.45, 2.75) is 19.8 Å². The zero-order valence-corrected chi connectivity index (χ0v) is 13.1. The van der Waals surface area contributed by atoms with Gasteiger partial charge in [0.1, 0.15) is 10.9 Å². The van der Waals surface area contributed by atoms with Crippen LogP contribution in [0.25, 0.3) is 5.69 Å². The standard InChI is InChI=1S/C14H14Cl2N2O3/c1-3-4-9-12(16)17-14(20)18(13(9)19)8-5-6-11(21-2)10(15)7-8/h5-7H,3-4H2,1-2H3,(H,17,20). The molecule has 2 aromatic rings. The summed E-state index contributed by atoms with van der Waals surface area (Å²) in [6.45, 7) is 1.93. The SMILES string of the molecule is CCCc1c(Cl)[nH]c(=O)n(-c2ccc(OC)c(Cl)c2)c1=O. The van der Waals surface area contributed by atoms with Crippen LogP contribution in [0, 0.1) is 0 Å². The summed E-state index contributed by atoms with van der Waals surface area (Å²) in [4.78, 5) is 27.0. The van der Waals surface area contributed by atoms with Crippen molar-refractivity contribution < 1.29 is 4.74 Å². The zero-order chi connectivity index (χ0) is 15.6. The molecule has 0 unspecified atom stereocenters. The summed E-state index contributed by atoms with van der Waals surface area (Å²) >= 11 is 12.0. The van der Waals surface area contributed by atoms with Gasteiger partial charge in [-0.2, -0.15) is 0 Å². The highest BCUT2D eigenvalue weighted by Gasteiger charge is 2.14. The molecule has 0 aliphatic carbocycles. The Morgan fingerprint density at radius 2 is 2.00 bits per heavy atom. The molecule has 0 saturated carbocycles. The summed E-state index contributed by atoms with van der Waals surface area (Å²) in [6, 6.07) is 4.68. The van der Waals surface area contributed by atoms with Crippen LogP contribution in [0.4, 0.5) is 0 Å². The average molecular weight is 329 g/mol. The van der Waals surface area contributed by atoms with Crippen LogP contribution in [-0.2, 0) is 6.42 Å². The van der Waals surface area contributed by atoms with E-state index in [-0.39, 0.29) is 5.15 Å². The number of aromatic amines is 1. The molecule has 7 heteroatoms. The van der Waals surface area contributed by atoms with Crippen molar-refractivity contribution in [3.63, 3.8) is 0 Å². The topological polar surface area (TPSA) is 64.1 Å². The van der Waals surface area contributed by atoms with Gasteiger partial charge in [0.15, 0.2) is 0 Å². The number of hydrogen-bond acceptors (Lipinski definition) is 3. The molecule has 0 spiro atoms. The van der Waals surface area contributed by atoms with Crippen molar-refractivity contribution in [3.8, 4) is 11.4 Å². The Kier molecular flexibility index (Phi) is 4.75. The van der Waals surface area contributed by atoms with E-state index in [4.69, 9.17) is 27.9 Å². The van der Waals surface area contributed by atoms with Gasteiger partial charge in [0, 0.05) is 0 Å². The first-order valence-electron chi connectivity index (χ1n) is 6.37. The van der Waals surface area contributed by atoms with E-state index in [0.717, 1.165) is 11.0 Å². The monoisotopic (exact) mass is 328 g/mol. The van der Waals surface area contributed by atoms with Crippen molar-refractivity contribution in [1.82, 2.24) is 9.55 Å². The second kappa shape index (κ2) is 6.37. The molecule has 1 aromatic carbocycles. The lowest BCUT2D eigenvalue weighted by Crippen LogP contribution is -2.36. The highest BCUT2D eigenvalue weighted by atomic mass is 35.5. The molecule has 2 rings (SSSR count). The van der Waals surface area contributed by atoms with Gasteiger partial charge in [-0.25, -0.2) is 9.36 Å². The fourth-order valence-corrected chi connectivity index (χ4v) is 2.55. The number of rotatable bonds is 4. The minimum Gasteiger partial charge on any atom is -0.495 e. The van der Waals surface area contributed by atoms with Crippen LogP contribution in [0.5, 0.6) is 5.75 Å². The van der Waals surface area contributed by atoms with Crippen LogP contribution in [0.1, 0.15) is 18.9 Å². The van der Waals surface area contributed by atoms with E-state index in [2.05, 4.69) is 4.98 Å². The Balaban J connectivity index is 2.69. The van der Waals surface area contributed by atoms with E-state index in [9.17, 15) is 9.59 Å². The largest absolute Gasteiger partial charge is 0.495 e. The Bertz CT molecular complexity index is 781. The zero-order valence-electron chi connectivity index (χ0n) is 11.6. The molecule has 1 N–H and O–H groups in total. The molecule has 1 heterocycles. The number of nitrogens with zero attached hydrogens (tertiary/aromatic N) is 1. The lowest BCUT2D eigenvalue weighted by atomic mass is 10.2. The van der Waals surface area contributed by atoms with E-state index < -0.39 is 11.2 Å². The maximum absolute atomic E-state index is 12.5. The van der Waals surface area contributed by atoms with Crippen LogP contribution in [0.15, 0.2) is 27.8 Å². The molecule has 0 atom stereocenters. The summed E-state index contributed by atoms with van der Waals surface area (Å²) in [5.41, 5.74) is -0.301. The second-order valence-corrected chi connectivity index (χ2v) is 5.22. The van der Waals surface area contributed by atoms with Crippen LogP contribution < -0.4 is 16.0 Å². The fourth-order valence-electron chi connectivity index (χ4n) is 2.04. The number of halogens is 2. The lowest BCUT2D eigenvalue weighted by molar-refractivity contribution is 0.415. The average Bonchev–Trinajstić information content (AvgIpc) is 2.43.